The van der Waals surface area contributed by atoms with Crippen molar-refractivity contribution < 1.29 is 13.9 Å². The van der Waals surface area contributed by atoms with E-state index in [9.17, 15) is 4.79 Å². The minimum Gasteiger partial charge on any atom is -0.497 e. The second-order valence-electron chi connectivity index (χ2n) is 7.21. The van der Waals surface area contributed by atoms with Gasteiger partial charge in [-0.15, -0.1) is 10.2 Å². The molecule has 1 atom stereocenters. The Hall–Kier alpha value is -2.51. The molecule has 0 spiro atoms. The zero-order chi connectivity index (χ0) is 21.1. The van der Waals surface area contributed by atoms with Gasteiger partial charge in [-0.2, -0.15) is 0 Å². The van der Waals surface area contributed by atoms with Gasteiger partial charge in [-0.3, -0.25) is 4.79 Å². The standard InChI is InChI=1S/C22H22ClN3O3S/c1-14(15-3-4-15)26(18-9-11-19(28-2)12-10-18)20(27)13-30-22-25-24-21(29-22)16-5-7-17(23)8-6-16/h5-12,14-15H,3-4,13H2,1-2H3. The lowest BCUT2D eigenvalue weighted by molar-refractivity contribution is -0.116. The number of halogens is 1. The summed E-state index contributed by atoms with van der Waals surface area (Å²) < 4.78 is 10.9. The fraction of sp³-hybridized carbons (Fsp3) is 0.318. The molecule has 0 radical (unpaired) electrons. The number of thioether (sulfide) groups is 1. The van der Waals surface area contributed by atoms with E-state index in [1.807, 2.05) is 41.3 Å². The second-order valence-corrected chi connectivity index (χ2v) is 8.57. The Labute approximate surface area is 184 Å². The number of carbonyl (C=O) groups excluding carboxylic acids is 1. The summed E-state index contributed by atoms with van der Waals surface area (Å²) in [4.78, 5) is 15.0. The molecule has 6 nitrogen and oxygen atoms in total. The van der Waals surface area contributed by atoms with E-state index in [0.717, 1.165) is 29.8 Å². The Morgan fingerprint density at radius 1 is 1.20 bits per heavy atom. The molecule has 1 heterocycles. The largest absolute Gasteiger partial charge is 0.497 e. The normalized spacial score (nSPS) is 14.4. The predicted molar refractivity (Wildman–Crippen MR) is 118 cm³/mol. The van der Waals surface area contributed by atoms with E-state index >= 15 is 0 Å². The van der Waals surface area contributed by atoms with Gasteiger partial charge in [0.1, 0.15) is 5.75 Å². The maximum Gasteiger partial charge on any atom is 0.277 e. The Bertz CT molecular complexity index is 1000. The van der Waals surface area contributed by atoms with E-state index in [1.165, 1.54) is 11.8 Å². The number of benzene rings is 2. The molecule has 1 saturated carbocycles. The van der Waals surface area contributed by atoms with Crippen LogP contribution in [0.15, 0.2) is 58.2 Å². The lowest BCUT2D eigenvalue weighted by atomic mass is 10.1. The molecule has 4 rings (SSSR count). The zero-order valence-corrected chi connectivity index (χ0v) is 18.3. The van der Waals surface area contributed by atoms with Crippen molar-refractivity contribution in [1.29, 1.82) is 0 Å². The number of hydrogen-bond acceptors (Lipinski definition) is 6. The van der Waals surface area contributed by atoms with Crippen LogP contribution in [0.25, 0.3) is 11.5 Å². The van der Waals surface area contributed by atoms with Gasteiger partial charge < -0.3 is 14.1 Å². The average Bonchev–Trinajstić information content (AvgIpc) is 3.51. The summed E-state index contributed by atoms with van der Waals surface area (Å²) in [5.74, 6) is 1.93. The molecule has 1 fully saturated rings. The van der Waals surface area contributed by atoms with E-state index in [1.54, 1.807) is 19.2 Å². The van der Waals surface area contributed by atoms with Crippen molar-refractivity contribution in [2.45, 2.75) is 31.0 Å². The first-order valence-corrected chi connectivity index (χ1v) is 11.1. The van der Waals surface area contributed by atoms with Crippen LogP contribution in [0.5, 0.6) is 5.75 Å². The minimum atomic E-state index is 0.0100. The lowest BCUT2D eigenvalue weighted by Gasteiger charge is -2.29. The summed E-state index contributed by atoms with van der Waals surface area (Å²) in [5, 5.41) is 9.13. The van der Waals surface area contributed by atoms with Crippen molar-refractivity contribution in [3.05, 3.63) is 53.6 Å². The van der Waals surface area contributed by atoms with Crippen LogP contribution in [0, 0.1) is 5.92 Å². The van der Waals surface area contributed by atoms with Gasteiger partial charge in [-0.05, 0) is 74.2 Å². The Morgan fingerprint density at radius 3 is 2.53 bits per heavy atom. The Kier molecular flexibility index (Phi) is 6.29. The van der Waals surface area contributed by atoms with Crippen LogP contribution in [-0.2, 0) is 4.79 Å². The molecule has 8 heteroatoms. The number of hydrogen-bond donors (Lipinski definition) is 0. The maximum absolute atomic E-state index is 13.1. The summed E-state index contributed by atoms with van der Waals surface area (Å²) in [6, 6.07) is 14.9. The molecule has 1 aromatic heterocycles. The second kappa shape index (κ2) is 9.10. The molecule has 1 aliphatic carbocycles. The highest BCUT2D eigenvalue weighted by Crippen LogP contribution is 2.37. The van der Waals surface area contributed by atoms with Crippen LogP contribution in [0.2, 0.25) is 5.02 Å². The molecule has 3 aromatic rings. The molecule has 1 amide bonds. The third kappa shape index (κ3) is 4.79. The molecular formula is C22H22ClN3O3S. The number of nitrogens with zero attached hydrogens (tertiary/aromatic N) is 3. The van der Waals surface area contributed by atoms with Crippen LogP contribution in [0.1, 0.15) is 19.8 Å². The summed E-state index contributed by atoms with van der Waals surface area (Å²) in [6.07, 6.45) is 2.31. The highest BCUT2D eigenvalue weighted by molar-refractivity contribution is 7.99. The van der Waals surface area contributed by atoms with Crippen molar-refractivity contribution in [3.63, 3.8) is 0 Å². The molecule has 0 bridgehead atoms. The van der Waals surface area contributed by atoms with Gasteiger partial charge in [0.15, 0.2) is 0 Å². The highest BCUT2D eigenvalue weighted by atomic mass is 35.5. The quantitative estimate of drug-likeness (QED) is 0.439. The van der Waals surface area contributed by atoms with Gasteiger partial charge in [-0.25, -0.2) is 0 Å². The molecule has 30 heavy (non-hydrogen) atoms. The van der Waals surface area contributed by atoms with E-state index in [4.69, 9.17) is 20.8 Å². The fourth-order valence-corrected chi connectivity index (χ4v) is 4.06. The Balaban J connectivity index is 1.45. The zero-order valence-electron chi connectivity index (χ0n) is 16.7. The van der Waals surface area contributed by atoms with Crippen LogP contribution in [-0.4, -0.2) is 35.0 Å². The number of anilines is 1. The maximum atomic E-state index is 13.1. The van der Waals surface area contributed by atoms with Crippen LogP contribution in [0.4, 0.5) is 5.69 Å². The highest BCUT2D eigenvalue weighted by Gasteiger charge is 2.35. The fourth-order valence-electron chi connectivity index (χ4n) is 3.31. The number of amides is 1. The van der Waals surface area contributed by atoms with Gasteiger partial charge in [0.2, 0.25) is 11.8 Å². The molecule has 1 unspecified atom stereocenters. The molecule has 1 aliphatic rings. The third-order valence-corrected chi connectivity index (χ3v) is 6.20. The third-order valence-electron chi connectivity index (χ3n) is 5.15. The summed E-state index contributed by atoms with van der Waals surface area (Å²) >= 11 is 7.16. The lowest BCUT2D eigenvalue weighted by Crippen LogP contribution is -2.41. The number of methoxy groups -OCH3 is 1. The summed E-state index contributed by atoms with van der Waals surface area (Å²) in [7, 11) is 1.63. The van der Waals surface area contributed by atoms with Crippen LogP contribution < -0.4 is 9.64 Å². The van der Waals surface area contributed by atoms with Gasteiger partial charge in [0.05, 0.1) is 12.9 Å². The first-order chi connectivity index (χ1) is 14.5. The van der Waals surface area contributed by atoms with Crippen LogP contribution >= 0.6 is 23.4 Å². The van der Waals surface area contributed by atoms with E-state index in [2.05, 4.69) is 17.1 Å². The first kappa shape index (κ1) is 20.8. The number of ether oxygens (including phenoxy) is 1. The van der Waals surface area contributed by atoms with E-state index in [0.29, 0.717) is 22.1 Å². The molecule has 2 aromatic carbocycles. The number of rotatable bonds is 8. The smallest absolute Gasteiger partial charge is 0.277 e. The van der Waals surface area contributed by atoms with Crippen LogP contribution in [0.3, 0.4) is 0 Å². The first-order valence-electron chi connectivity index (χ1n) is 9.73. The topological polar surface area (TPSA) is 68.5 Å². The Morgan fingerprint density at radius 2 is 1.90 bits per heavy atom. The summed E-state index contributed by atoms with van der Waals surface area (Å²) in [6.45, 7) is 2.11. The molecule has 0 N–H and O–H groups in total. The SMILES string of the molecule is COc1ccc(N(C(=O)CSc2nnc(-c3ccc(Cl)cc3)o2)C(C)C2CC2)cc1. The predicted octanol–water partition coefficient (Wildman–Crippen LogP) is 5.32. The van der Waals surface area contributed by atoms with E-state index < -0.39 is 0 Å². The van der Waals surface area contributed by atoms with Crippen molar-refractivity contribution in [1.82, 2.24) is 10.2 Å². The van der Waals surface area contributed by atoms with Crippen molar-refractivity contribution in [2.75, 3.05) is 17.8 Å². The van der Waals surface area contributed by atoms with Gasteiger partial charge in [0.25, 0.3) is 5.22 Å². The van der Waals surface area contributed by atoms with Gasteiger partial charge in [-0.1, -0.05) is 23.4 Å². The van der Waals surface area contributed by atoms with Gasteiger partial charge in [0, 0.05) is 22.3 Å². The van der Waals surface area contributed by atoms with Gasteiger partial charge >= 0.3 is 0 Å². The number of carbonyl (C=O) groups is 1. The molecule has 0 aliphatic heterocycles. The van der Waals surface area contributed by atoms with E-state index in [-0.39, 0.29) is 17.7 Å². The van der Waals surface area contributed by atoms with Crippen molar-refractivity contribution >= 4 is 35.0 Å². The average molecular weight is 444 g/mol. The monoisotopic (exact) mass is 443 g/mol. The van der Waals surface area contributed by atoms with Crippen molar-refractivity contribution in [3.8, 4) is 17.2 Å². The van der Waals surface area contributed by atoms with Crippen molar-refractivity contribution in [2.24, 2.45) is 5.92 Å². The number of aromatic nitrogens is 2. The minimum absolute atomic E-state index is 0.0100. The molecule has 156 valence electrons. The molecular weight excluding hydrogens is 422 g/mol. The molecule has 0 saturated heterocycles. The summed E-state index contributed by atoms with van der Waals surface area (Å²) in [5.41, 5.74) is 1.65.